The Labute approximate surface area is 100 Å². The molecule has 0 amide bonds. The van der Waals surface area contributed by atoms with Crippen molar-refractivity contribution < 1.29 is 53.7 Å². The minimum Gasteiger partial charge on any atom is 0 e. The Hall–Kier alpha value is 2.94. The minimum absolute atomic E-state index is 0. The molecule has 0 aliphatic heterocycles. The molecule has 0 N–H and O–H groups in total. The van der Waals surface area contributed by atoms with Crippen LogP contribution in [0.3, 0.4) is 0 Å². The molecule has 0 atom stereocenters. The van der Waals surface area contributed by atoms with Crippen molar-refractivity contribution in [1.82, 2.24) is 0 Å². The molecule has 0 fully saturated rings. The van der Waals surface area contributed by atoms with E-state index in [1.54, 1.807) is 0 Å². The zero-order valence-corrected chi connectivity index (χ0v) is 11.5. The molecule has 4 heavy (non-hydrogen) atoms. The maximum absolute atomic E-state index is 7.81. The summed E-state index contributed by atoms with van der Waals surface area (Å²) in [5.74, 6) is 0. The molecule has 0 rings (SSSR count). The summed E-state index contributed by atoms with van der Waals surface area (Å²) in [5.41, 5.74) is 0. The summed E-state index contributed by atoms with van der Waals surface area (Å²) in [6.07, 6.45) is 0. The molecule has 1 nitrogen and oxygen atoms in total. The van der Waals surface area contributed by atoms with Gasteiger partial charge in [0.25, 0.3) is 0 Å². The van der Waals surface area contributed by atoms with Gasteiger partial charge in [-0.05, 0) is 0 Å². The molecular formula is H2BaCuOU. The molecule has 0 unspecified atom stereocenters. The van der Waals surface area contributed by atoms with Gasteiger partial charge in [0.15, 0.2) is 0 Å². The van der Waals surface area contributed by atoms with E-state index in [0.29, 0.717) is 0 Å². The SMILES string of the molecule is [Ba+2].[H-].[H-].[O]=[Cu].[U]. The Balaban J connectivity index is -0.000000000833. The number of hydrogen-bond acceptors (Lipinski definition) is 1. The molecule has 0 aromatic rings. The molecule has 0 radical (unpaired) electrons. The molecule has 0 saturated heterocycles. The van der Waals surface area contributed by atoms with Gasteiger partial charge in [-0.3, -0.25) is 0 Å². The van der Waals surface area contributed by atoms with Crippen molar-refractivity contribution in [1.29, 1.82) is 0 Å². The average molecular weight is 457 g/mol. The smallest absolute Gasteiger partial charge is 0 e. The fraction of sp³-hybridized carbons (Fsp3) is 0. The van der Waals surface area contributed by atoms with Gasteiger partial charge in [-0.2, -0.15) is 0 Å². The van der Waals surface area contributed by atoms with E-state index >= 15 is 0 Å². The van der Waals surface area contributed by atoms with E-state index in [-0.39, 0.29) is 82.8 Å². The van der Waals surface area contributed by atoms with Gasteiger partial charge in [0.2, 0.25) is 0 Å². The molecular weight excluding hydrogens is 455 g/mol. The van der Waals surface area contributed by atoms with Crippen LogP contribution in [-0.4, -0.2) is 48.9 Å². The Morgan fingerprint density at radius 1 is 1.50 bits per heavy atom. The van der Waals surface area contributed by atoms with Gasteiger partial charge in [0.05, 0.1) is 0 Å². The molecule has 0 heterocycles. The van der Waals surface area contributed by atoms with E-state index < -0.39 is 0 Å². The van der Waals surface area contributed by atoms with Crippen LogP contribution < -0.4 is 0 Å². The molecule has 0 aliphatic rings. The predicted molar refractivity (Wildman–Crippen MR) is 8.66 cm³/mol. The van der Waals surface area contributed by atoms with E-state index in [0.717, 1.165) is 0 Å². The van der Waals surface area contributed by atoms with Crippen molar-refractivity contribution in [2.45, 2.75) is 0 Å². The predicted octanol–water partition coefficient (Wildman–Crippen LogP) is -0.277. The largest absolute Gasteiger partial charge is 0 e. The first-order valence-corrected chi connectivity index (χ1v) is 0.508. The monoisotopic (exact) mass is 457 g/mol. The van der Waals surface area contributed by atoms with Gasteiger partial charge < -0.3 is 2.85 Å². The van der Waals surface area contributed by atoms with Gasteiger partial charge in [-0.25, -0.2) is 0 Å². The standard InChI is InChI=1S/Ba.Cu.O.U.2H/q+2;;;;2*-1. The average Bonchev–Trinajstić information content (AvgIpc) is 1.00. The van der Waals surface area contributed by atoms with Crippen molar-refractivity contribution in [2.75, 3.05) is 0 Å². The van der Waals surface area contributed by atoms with Crippen molar-refractivity contribution in [2.24, 2.45) is 0 Å². The van der Waals surface area contributed by atoms with Crippen molar-refractivity contribution in [3.8, 4) is 0 Å². The van der Waals surface area contributed by atoms with Gasteiger partial charge in [0.1, 0.15) is 0 Å². The Bertz CT molecular complexity index is 13.5. The first kappa shape index (κ1) is 15.8. The summed E-state index contributed by atoms with van der Waals surface area (Å²) in [5, 5.41) is 0. The zero-order valence-electron chi connectivity index (χ0n) is 3.92. The van der Waals surface area contributed by atoms with E-state index in [2.05, 4.69) is 15.9 Å². The van der Waals surface area contributed by atoms with Crippen LogP contribution in [0.4, 0.5) is 0 Å². The summed E-state index contributed by atoms with van der Waals surface area (Å²) < 4.78 is 7.81. The summed E-state index contributed by atoms with van der Waals surface area (Å²) in [6.45, 7) is 0. The van der Waals surface area contributed by atoms with Crippen LogP contribution in [0.15, 0.2) is 0 Å². The zero-order chi connectivity index (χ0) is 2.00. The quantitative estimate of drug-likeness (QED) is 0.458. The van der Waals surface area contributed by atoms with Crippen molar-refractivity contribution in [3.05, 3.63) is 0 Å². The Morgan fingerprint density at radius 3 is 1.50 bits per heavy atom. The molecule has 0 saturated carbocycles. The number of rotatable bonds is 0. The summed E-state index contributed by atoms with van der Waals surface area (Å²) in [7, 11) is 0. The molecule has 4 heteroatoms. The second-order valence-electron chi connectivity index (χ2n) is 0. The summed E-state index contributed by atoms with van der Waals surface area (Å²) in [6, 6.07) is 0. The van der Waals surface area contributed by atoms with Crippen LogP contribution >= 0.6 is 0 Å². The van der Waals surface area contributed by atoms with Gasteiger partial charge in [-0.15, -0.1) is 0 Å². The van der Waals surface area contributed by atoms with Crippen LogP contribution in [0.2, 0.25) is 0 Å². The maximum Gasteiger partial charge on any atom is 0 e. The fourth-order valence-electron chi connectivity index (χ4n) is 0. The molecule has 0 spiro atoms. The minimum atomic E-state index is 0. The molecule has 0 bridgehead atoms. The first-order valence-electron chi connectivity index (χ1n) is 0.123. The third kappa shape index (κ3) is 8.87. The summed E-state index contributed by atoms with van der Waals surface area (Å²) in [4.78, 5) is 0. The normalized spacial score (nSPS) is 1.50. The van der Waals surface area contributed by atoms with Crippen LogP contribution in [0.25, 0.3) is 0 Å². The molecule has 25 valence electrons. The first-order chi connectivity index (χ1) is 1.00. The van der Waals surface area contributed by atoms with E-state index in [1.807, 2.05) is 0 Å². The second-order valence-corrected chi connectivity index (χ2v) is 0. The maximum atomic E-state index is 7.81. The van der Waals surface area contributed by atoms with Crippen LogP contribution in [0.1, 0.15) is 2.85 Å². The third-order valence-corrected chi connectivity index (χ3v) is 0. The van der Waals surface area contributed by atoms with Crippen LogP contribution in [0, 0.1) is 31.1 Å². The van der Waals surface area contributed by atoms with Gasteiger partial charge in [-0.1, -0.05) is 0 Å². The Kier molecular flexibility index (Phi) is 66.1. The summed E-state index contributed by atoms with van der Waals surface area (Å²) >= 11 is 2.94. The topological polar surface area (TPSA) is 17.1 Å². The molecule has 0 aliphatic carbocycles. The van der Waals surface area contributed by atoms with Crippen molar-refractivity contribution in [3.63, 3.8) is 0 Å². The fourth-order valence-corrected chi connectivity index (χ4v) is 0. The Morgan fingerprint density at radius 2 is 1.50 bits per heavy atom. The van der Waals surface area contributed by atoms with E-state index in [9.17, 15) is 0 Å². The second kappa shape index (κ2) is 16.8. The van der Waals surface area contributed by atoms with Crippen molar-refractivity contribution >= 4 is 48.9 Å². The van der Waals surface area contributed by atoms with Gasteiger partial charge >= 0.3 is 68.7 Å². The molecule has 0 aromatic carbocycles. The van der Waals surface area contributed by atoms with Crippen LogP contribution in [-0.2, 0) is 19.8 Å². The van der Waals surface area contributed by atoms with Gasteiger partial charge in [0, 0.05) is 31.1 Å². The van der Waals surface area contributed by atoms with E-state index in [1.165, 1.54) is 0 Å². The third-order valence-electron chi connectivity index (χ3n) is 0. The molecule has 0 aromatic heterocycles. The van der Waals surface area contributed by atoms with E-state index in [4.69, 9.17) is 3.83 Å². The number of hydrogen-bond donors (Lipinski definition) is 0. The van der Waals surface area contributed by atoms with Crippen LogP contribution in [0.5, 0.6) is 0 Å².